The topological polar surface area (TPSA) is 29.3 Å². The third-order valence-corrected chi connectivity index (χ3v) is 5.70. The van der Waals surface area contributed by atoms with Gasteiger partial charge in [-0.25, -0.2) is 0 Å². The van der Waals surface area contributed by atoms with Crippen LogP contribution < -0.4 is 5.73 Å². The van der Waals surface area contributed by atoms with E-state index in [2.05, 4.69) is 53.5 Å². The molecule has 1 fully saturated rings. The first-order chi connectivity index (χ1) is 8.14. The Balaban J connectivity index is 2.88. The lowest BCUT2D eigenvalue weighted by molar-refractivity contribution is -0.0160. The Morgan fingerprint density at radius 2 is 1.83 bits per heavy atom. The van der Waals surface area contributed by atoms with Crippen molar-refractivity contribution in [3.8, 4) is 0 Å². The Morgan fingerprint density at radius 3 is 2.22 bits per heavy atom. The van der Waals surface area contributed by atoms with Crippen LogP contribution in [0.1, 0.15) is 60.8 Å². The zero-order chi connectivity index (χ0) is 14.1. The molecule has 2 heteroatoms. The Kier molecular flexibility index (Phi) is 4.88. The lowest BCUT2D eigenvalue weighted by Gasteiger charge is -2.52. The summed E-state index contributed by atoms with van der Waals surface area (Å²) >= 11 is 0. The molecule has 2 nitrogen and oxygen atoms in total. The van der Waals surface area contributed by atoms with Gasteiger partial charge in [-0.1, -0.05) is 34.6 Å². The van der Waals surface area contributed by atoms with Crippen LogP contribution in [0.2, 0.25) is 0 Å². The van der Waals surface area contributed by atoms with Gasteiger partial charge in [-0.15, -0.1) is 0 Å². The van der Waals surface area contributed by atoms with Crippen molar-refractivity contribution in [3.63, 3.8) is 0 Å². The van der Waals surface area contributed by atoms with Gasteiger partial charge in [0.1, 0.15) is 0 Å². The molecule has 0 aliphatic heterocycles. The fraction of sp³-hybridized carbons (Fsp3) is 1.00. The molecule has 0 heterocycles. The van der Waals surface area contributed by atoms with Gasteiger partial charge in [0.25, 0.3) is 0 Å². The summed E-state index contributed by atoms with van der Waals surface area (Å²) in [5, 5.41) is 0. The van der Waals surface area contributed by atoms with E-state index in [-0.39, 0.29) is 5.54 Å². The smallest absolute Gasteiger partial charge is 0.0334 e. The number of rotatable bonds is 3. The molecule has 0 amide bonds. The molecule has 4 atom stereocenters. The first kappa shape index (κ1) is 16.0. The minimum atomic E-state index is 0.221. The molecule has 1 rings (SSSR count). The molecule has 0 bridgehead atoms. The van der Waals surface area contributed by atoms with Crippen molar-refractivity contribution in [3.05, 3.63) is 0 Å². The molecule has 0 aromatic rings. The third-order valence-electron chi connectivity index (χ3n) is 5.70. The molecule has 0 aromatic heterocycles. The molecule has 4 unspecified atom stereocenters. The third kappa shape index (κ3) is 3.08. The molecule has 18 heavy (non-hydrogen) atoms. The molecule has 2 N–H and O–H groups in total. The molecule has 0 spiro atoms. The predicted octanol–water partition coefficient (Wildman–Crippen LogP) is 3.51. The van der Waals surface area contributed by atoms with Crippen LogP contribution in [0.4, 0.5) is 0 Å². The summed E-state index contributed by atoms with van der Waals surface area (Å²) in [5.41, 5.74) is 6.72. The summed E-state index contributed by atoms with van der Waals surface area (Å²) in [5.74, 6) is 1.64. The molecule has 1 aliphatic rings. The van der Waals surface area contributed by atoms with Gasteiger partial charge in [-0.2, -0.15) is 0 Å². The fourth-order valence-corrected chi connectivity index (χ4v) is 3.32. The zero-order valence-corrected chi connectivity index (χ0v) is 13.6. The highest BCUT2D eigenvalue weighted by atomic mass is 15.2. The van der Waals surface area contributed by atoms with Gasteiger partial charge in [-0.05, 0) is 50.5 Å². The normalized spacial score (nSPS) is 35.8. The maximum atomic E-state index is 6.19. The van der Waals surface area contributed by atoms with Crippen molar-refractivity contribution in [1.29, 1.82) is 0 Å². The van der Waals surface area contributed by atoms with Crippen molar-refractivity contribution in [2.75, 3.05) is 13.6 Å². The second-order valence-corrected chi connectivity index (χ2v) is 7.78. The van der Waals surface area contributed by atoms with E-state index in [1.165, 1.54) is 19.3 Å². The maximum Gasteiger partial charge on any atom is 0.0334 e. The highest BCUT2D eigenvalue weighted by Gasteiger charge is 2.43. The minimum absolute atomic E-state index is 0.221. The molecule has 108 valence electrons. The highest BCUT2D eigenvalue weighted by molar-refractivity contribution is 4.99. The summed E-state index contributed by atoms with van der Waals surface area (Å²) in [4.78, 5) is 2.58. The van der Waals surface area contributed by atoms with Crippen LogP contribution >= 0.6 is 0 Å². The van der Waals surface area contributed by atoms with Crippen LogP contribution in [0, 0.1) is 17.3 Å². The summed E-state index contributed by atoms with van der Waals surface area (Å²) in [6.07, 6.45) is 3.83. The van der Waals surface area contributed by atoms with Crippen molar-refractivity contribution in [2.24, 2.45) is 23.0 Å². The second-order valence-electron chi connectivity index (χ2n) is 7.78. The van der Waals surface area contributed by atoms with Gasteiger partial charge in [0.05, 0.1) is 0 Å². The number of hydrogen-bond acceptors (Lipinski definition) is 2. The number of nitrogens with two attached hydrogens (primary N) is 1. The van der Waals surface area contributed by atoms with Crippen LogP contribution in [-0.2, 0) is 0 Å². The Morgan fingerprint density at radius 1 is 1.28 bits per heavy atom. The highest BCUT2D eigenvalue weighted by Crippen LogP contribution is 2.41. The van der Waals surface area contributed by atoms with Gasteiger partial charge in [0.2, 0.25) is 0 Å². The maximum absolute atomic E-state index is 6.19. The molecular weight excluding hydrogens is 220 g/mol. The summed E-state index contributed by atoms with van der Waals surface area (Å²) in [6.45, 7) is 14.9. The van der Waals surface area contributed by atoms with Gasteiger partial charge in [-0.3, -0.25) is 4.90 Å². The van der Waals surface area contributed by atoms with E-state index in [0.717, 1.165) is 18.4 Å². The van der Waals surface area contributed by atoms with Gasteiger partial charge < -0.3 is 5.73 Å². The number of hydrogen-bond donors (Lipinski definition) is 1. The summed E-state index contributed by atoms with van der Waals surface area (Å²) in [7, 11) is 2.28. The first-order valence-corrected chi connectivity index (χ1v) is 7.57. The van der Waals surface area contributed by atoms with Gasteiger partial charge in [0.15, 0.2) is 0 Å². The Hall–Kier alpha value is -0.0800. The Bertz CT molecular complexity index is 269. The average molecular weight is 254 g/mol. The minimum Gasteiger partial charge on any atom is -0.329 e. The summed E-state index contributed by atoms with van der Waals surface area (Å²) < 4.78 is 0. The molecular formula is C16H34N2. The fourth-order valence-electron chi connectivity index (χ4n) is 3.32. The predicted molar refractivity (Wildman–Crippen MR) is 80.6 cm³/mol. The standard InChI is InChI=1S/C16H34N2/c1-12-8-9-16(11-17,10-13(12)2)18(7)14(3)15(4,5)6/h12-14H,8-11,17H2,1-7H3. The van der Waals surface area contributed by atoms with Crippen molar-refractivity contribution in [1.82, 2.24) is 4.90 Å². The van der Waals surface area contributed by atoms with E-state index < -0.39 is 0 Å². The van der Waals surface area contributed by atoms with Crippen LogP contribution in [0.25, 0.3) is 0 Å². The second kappa shape index (κ2) is 5.50. The van der Waals surface area contributed by atoms with Crippen molar-refractivity contribution in [2.45, 2.75) is 72.4 Å². The van der Waals surface area contributed by atoms with Gasteiger partial charge >= 0.3 is 0 Å². The van der Waals surface area contributed by atoms with E-state index in [0.29, 0.717) is 11.5 Å². The lowest BCUT2D eigenvalue weighted by Crippen LogP contribution is -2.60. The lowest BCUT2D eigenvalue weighted by atomic mass is 9.69. The largest absolute Gasteiger partial charge is 0.329 e. The first-order valence-electron chi connectivity index (χ1n) is 7.57. The number of nitrogens with zero attached hydrogens (tertiary/aromatic N) is 1. The molecule has 1 saturated carbocycles. The molecule has 0 radical (unpaired) electrons. The quantitative estimate of drug-likeness (QED) is 0.835. The average Bonchev–Trinajstić information content (AvgIpc) is 2.30. The molecule has 0 aromatic carbocycles. The van der Waals surface area contributed by atoms with Crippen LogP contribution in [-0.4, -0.2) is 30.1 Å². The monoisotopic (exact) mass is 254 g/mol. The van der Waals surface area contributed by atoms with Crippen LogP contribution in [0.3, 0.4) is 0 Å². The summed E-state index contributed by atoms with van der Waals surface area (Å²) in [6, 6.07) is 0.557. The van der Waals surface area contributed by atoms with E-state index in [4.69, 9.17) is 5.73 Å². The van der Waals surface area contributed by atoms with E-state index in [1.807, 2.05) is 0 Å². The Labute approximate surface area is 114 Å². The number of likely N-dealkylation sites (N-methyl/N-ethyl adjacent to an activating group) is 1. The SMILES string of the molecule is CC1CCC(CN)(N(C)C(C)C(C)(C)C)CC1C. The van der Waals surface area contributed by atoms with Crippen LogP contribution in [0.15, 0.2) is 0 Å². The zero-order valence-electron chi connectivity index (χ0n) is 13.6. The van der Waals surface area contributed by atoms with Crippen molar-refractivity contribution >= 4 is 0 Å². The molecule has 1 aliphatic carbocycles. The van der Waals surface area contributed by atoms with E-state index in [9.17, 15) is 0 Å². The van der Waals surface area contributed by atoms with E-state index >= 15 is 0 Å². The van der Waals surface area contributed by atoms with E-state index in [1.54, 1.807) is 0 Å². The van der Waals surface area contributed by atoms with Crippen LogP contribution in [0.5, 0.6) is 0 Å². The van der Waals surface area contributed by atoms with Crippen molar-refractivity contribution < 1.29 is 0 Å². The molecule has 0 saturated heterocycles. The van der Waals surface area contributed by atoms with Gasteiger partial charge in [0, 0.05) is 18.1 Å².